The number of aryl methyl sites for hydroxylation is 1. The molecule has 4 rings (SSSR count). The number of hydrogen-bond donors (Lipinski definition) is 2. The van der Waals surface area contributed by atoms with Crippen LogP contribution in [0, 0.1) is 12.8 Å². The van der Waals surface area contributed by atoms with Crippen LogP contribution in [-0.2, 0) is 6.42 Å². The van der Waals surface area contributed by atoms with E-state index in [0.29, 0.717) is 0 Å². The predicted octanol–water partition coefficient (Wildman–Crippen LogP) is 2.27. The van der Waals surface area contributed by atoms with Crippen molar-refractivity contribution in [3.63, 3.8) is 0 Å². The van der Waals surface area contributed by atoms with E-state index in [4.69, 9.17) is 0 Å². The van der Waals surface area contributed by atoms with E-state index in [1.165, 1.54) is 55.4 Å². The Labute approximate surface area is 137 Å². The molecule has 2 N–H and O–H groups in total. The van der Waals surface area contributed by atoms with Gasteiger partial charge in [-0.1, -0.05) is 0 Å². The normalized spacial score (nSPS) is 26.7. The largest absolute Gasteiger partial charge is 0.346 e. The molecule has 124 valence electrons. The third-order valence-corrected chi connectivity index (χ3v) is 5.71. The Kier molecular flexibility index (Phi) is 4.31. The van der Waals surface area contributed by atoms with Gasteiger partial charge in [-0.05, 0) is 50.5 Å². The maximum Gasteiger partial charge on any atom is 0.141 e. The Morgan fingerprint density at radius 2 is 1.91 bits per heavy atom. The quantitative estimate of drug-likeness (QED) is 0.913. The summed E-state index contributed by atoms with van der Waals surface area (Å²) in [6.07, 6.45) is 10.2. The zero-order valence-corrected chi connectivity index (χ0v) is 14.0. The van der Waals surface area contributed by atoms with E-state index < -0.39 is 0 Å². The zero-order chi connectivity index (χ0) is 15.6. The zero-order valence-electron chi connectivity index (χ0n) is 14.0. The monoisotopic (exact) mass is 313 g/mol. The summed E-state index contributed by atoms with van der Waals surface area (Å²) in [6.45, 7) is 6.92. The highest BCUT2D eigenvalue weighted by molar-refractivity contribution is 5.81. The molecule has 0 atom stereocenters. The minimum atomic E-state index is 0.779. The molecule has 2 aliphatic rings. The molecule has 0 aromatic carbocycles. The first-order chi connectivity index (χ1) is 11.3. The Morgan fingerprint density at radius 1 is 1.13 bits per heavy atom. The molecule has 0 bridgehead atoms. The van der Waals surface area contributed by atoms with Gasteiger partial charge in [0.05, 0.1) is 5.69 Å². The van der Waals surface area contributed by atoms with Gasteiger partial charge < -0.3 is 10.3 Å². The first-order valence-corrected chi connectivity index (χ1v) is 9.03. The lowest BCUT2D eigenvalue weighted by atomic mass is 9.82. The molecule has 3 heterocycles. The number of fused-ring (bicyclic) bond motifs is 1. The molecule has 1 saturated carbocycles. The first kappa shape index (κ1) is 15.1. The number of aromatic nitrogens is 3. The van der Waals surface area contributed by atoms with E-state index in [0.717, 1.165) is 37.1 Å². The van der Waals surface area contributed by atoms with Crippen molar-refractivity contribution in [1.29, 1.82) is 0 Å². The van der Waals surface area contributed by atoms with Gasteiger partial charge in [0.25, 0.3) is 0 Å². The average Bonchev–Trinajstić information content (AvgIpc) is 2.99. The van der Waals surface area contributed by atoms with E-state index in [9.17, 15) is 0 Å². The lowest BCUT2D eigenvalue weighted by Gasteiger charge is -2.39. The van der Waals surface area contributed by atoms with E-state index in [-0.39, 0.29) is 0 Å². The minimum absolute atomic E-state index is 0.779. The number of H-pyrrole nitrogens is 1. The van der Waals surface area contributed by atoms with Crippen molar-refractivity contribution in [3.8, 4) is 0 Å². The molecule has 0 unspecified atom stereocenters. The van der Waals surface area contributed by atoms with Crippen LogP contribution >= 0.6 is 0 Å². The summed E-state index contributed by atoms with van der Waals surface area (Å²) in [4.78, 5) is 14.9. The highest BCUT2D eigenvalue weighted by Crippen LogP contribution is 2.31. The maximum absolute atomic E-state index is 4.59. The number of nitrogens with zero attached hydrogens (tertiary/aromatic N) is 3. The van der Waals surface area contributed by atoms with Crippen LogP contribution in [0.25, 0.3) is 11.0 Å². The van der Waals surface area contributed by atoms with Crippen molar-refractivity contribution in [2.75, 3.05) is 26.2 Å². The second kappa shape index (κ2) is 6.57. The third kappa shape index (κ3) is 3.12. The highest BCUT2D eigenvalue weighted by atomic mass is 15.2. The Morgan fingerprint density at radius 3 is 2.70 bits per heavy atom. The summed E-state index contributed by atoms with van der Waals surface area (Å²) in [5.41, 5.74) is 3.49. The number of nitrogens with one attached hydrogen (secondary N) is 2. The van der Waals surface area contributed by atoms with Gasteiger partial charge in [0.15, 0.2) is 0 Å². The number of aromatic amines is 1. The summed E-state index contributed by atoms with van der Waals surface area (Å²) in [7, 11) is 0. The Hall–Kier alpha value is -1.46. The van der Waals surface area contributed by atoms with Gasteiger partial charge >= 0.3 is 0 Å². The van der Waals surface area contributed by atoms with Crippen LogP contribution in [0.4, 0.5) is 0 Å². The van der Waals surface area contributed by atoms with Gasteiger partial charge in [-0.3, -0.25) is 4.90 Å². The summed E-state index contributed by atoms with van der Waals surface area (Å²) in [6, 6.07) is 0.813. The van der Waals surface area contributed by atoms with Gasteiger partial charge in [-0.25, -0.2) is 9.97 Å². The Balaban J connectivity index is 1.40. The SMILES string of the molecule is Cc1c[nH]c2ncnc(CC3CCC(N4CCNCC4)CC3)c12. The van der Waals surface area contributed by atoms with Crippen LogP contribution in [0.2, 0.25) is 0 Å². The van der Waals surface area contributed by atoms with Gasteiger partial charge in [0.1, 0.15) is 12.0 Å². The molecular formula is C18H27N5. The van der Waals surface area contributed by atoms with Crippen molar-refractivity contribution in [2.45, 2.75) is 45.1 Å². The van der Waals surface area contributed by atoms with E-state index >= 15 is 0 Å². The first-order valence-electron chi connectivity index (χ1n) is 9.03. The van der Waals surface area contributed by atoms with Gasteiger partial charge in [-0.2, -0.15) is 0 Å². The second-order valence-electron chi connectivity index (χ2n) is 7.18. The van der Waals surface area contributed by atoms with Crippen molar-refractivity contribution in [2.24, 2.45) is 5.92 Å². The molecular weight excluding hydrogens is 286 g/mol. The van der Waals surface area contributed by atoms with Crippen molar-refractivity contribution >= 4 is 11.0 Å². The smallest absolute Gasteiger partial charge is 0.141 e. The lowest BCUT2D eigenvalue weighted by Crippen LogP contribution is -2.49. The van der Waals surface area contributed by atoms with E-state index in [2.05, 4.69) is 32.1 Å². The van der Waals surface area contributed by atoms with Gasteiger partial charge in [0, 0.05) is 43.8 Å². The van der Waals surface area contributed by atoms with Crippen LogP contribution in [0.1, 0.15) is 36.9 Å². The van der Waals surface area contributed by atoms with Gasteiger partial charge in [0.2, 0.25) is 0 Å². The number of hydrogen-bond acceptors (Lipinski definition) is 4. The van der Waals surface area contributed by atoms with Crippen molar-refractivity contribution < 1.29 is 0 Å². The molecule has 0 spiro atoms. The number of rotatable bonds is 3. The molecule has 2 aromatic rings. The summed E-state index contributed by atoms with van der Waals surface area (Å²) < 4.78 is 0. The number of piperazine rings is 1. The molecule has 1 saturated heterocycles. The fraction of sp³-hybridized carbons (Fsp3) is 0.667. The molecule has 1 aliphatic heterocycles. The predicted molar refractivity (Wildman–Crippen MR) is 92.5 cm³/mol. The summed E-state index contributed by atoms with van der Waals surface area (Å²) >= 11 is 0. The summed E-state index contributed by atoms with van der Waals surface area (Å²) in [5.74, 6) is 0.779. The molecule has 2 aromatic heterocycles. The Bertz CT molecular complexity index is 650. The third-order valence-electron chi connectivity index (χ3n) is 5.71. The molecule has 0 amide bonds. The topological polar surface area (TPSA) is 56.8 Å². The molecule has 0 radical (unpaired) electrons. The van der Waals surface area contributed by atoms with E-state index in [1.54, 1.807) is 6.33 Å². The lowest BCUT2D eigenvalue weighted by molar-refractivity contribution is 0.121. The van der Waals surface area contributed by atoms with Gasteiger partial charge in [-0.15, -0.1) is 0 Å². The summed E-state index contributed by atoms with van der Waals surface area (Å²) in [5, 5.41) is 4.70. The van der Waals surface area contributed by atoms with E-state index in [1.807, 2.05) is 6.20 Å². The maximum atomic E-state index is 4.59. The van der Waals surface area contributed by atoms with Crippen LogP contribution < -0.4 is 5.32 Å². The minimum Gasteiger partial charge on any atom is -0.346 e. The van der Waals surface area contributed by atoms with Crippen LogP contribution in [0.5, 0.6) is 0 Å². The fourth-order valence-corrected chi connectivity index (χ4v) is 4.38. The van der Waals surface area contributed by atoms with Crippen LogP contribution in [0.3, 0.4) is 0 Å². The molecule has 23 heavy (non-hydrogen) atoms. The highest BCUT2D eigenvalue weighted by Gasteiger charge is 2.27. The molecule has 2 fully saturated rings. The second-order valence-corrected chi connectivity index (χ2v) is 7.18. The van der Waals surface area contributed by atoms with Crippen molar-refractivity contribution in [1.82, 2.24) is 25.2 Å². The van der Waals surface area contributed by atoms with Crippen LogP contribution in [0.15, 0.2) is 12.5 Å². The fourth-order valence-electron chi connectivity index (χ4n) is 4.38. The molecule has 5 heteroatoms. The van der Waals surface area contributed by atoms with Crippen LogP contribution in [-0.4, -0.2) is 52.1 Å². The molecule has 1 aliphatic carbocycles. The average molecular weight is 313 g/mol. The van der Waals surface area contributed by atoms with Crippen molar-refractivity contribution in [3.05, 3.63) is 23.8 Å². The molecule has 5 nitrogen and oxygen atoms in total. The standard InChI is InChI=1S/C18H27N5/c1-13-11-20-18-17(13)16(21-12-22-18)10-14-2-4-15(5-3-14)23-8-6-19-7-9-23/h11-12,14-15,19H,2-10H2,1H3,(H,20,21,22).